The lowest BCUT2D eigenvalue weighted by atomic mass is 10.5. The Kier molecular flexibility index (Phi) is 1.53. The molecule has 1 heterocycles. The van der Waals surface area contributed by atoms with E-state index in [4.69, 9.17) is 9.68 Å². The molecule has 40 valence electrons. The summed E-state index contributed by atoms with van der Waals surface area (Å²) in [6, 6.07) is 5.27. The second-order valence-electron chi connectivity index (χ2n) is 1.22. The largest absolute Gasteiger partial charge is 0.440 e. The van der Waals surface area contributed by atoms with Crippen LogP contribution in [0.25, 0.3) is 0 Å². The van der Waals surface area contributed by atoms with Crippen LogP contribution in [0.5, 0.6) is 0 Å². The summed E-state index contributed by atoms with van der Waals surface area (Å²) in [5.74, 6) is 0.370. The van der Waals surface area contributed by atoms with Gasteiger partial charge in [0, 0.05) is 0 Å². The molecule has 1 aromatic rings. The van der Waals surface area contributed by atoms with Crippen molar-refractivity contribution in [3.05, 3.63) is 21.7 Å². The molecule has 0 saturated heterocycles. The summed E-state index contributed by atoms with van der Waals surface area (Å²) in [4.78, 5) is 0. The third-order valence-electron chi connectivity index (χ3n) is 0.683. The summed E-state index contributed by atoms with van der Waals surface area (Å²) in [6.45, 7) is 0. The van der Waals surface area contributed by atoms with Crippen molar-refractivity contribution >= 4 is 22.6 Å². The first-order valence-corrected chi connectivity index (χ1v) is 3.06. The van der Waals surface area contributed by atoms with Crippen molar-refractivity contribution in [3.63, 3.8) is 0 Å². The van der Waals surface area contributed by atoms with Crippen molar-refractivity contribution in [2.24, 2.45) is 0 Å². The van der Waals surface area contributed by atoms with Crippen molar-refractivity contribution in [3.8, 4) is 6.07 Å². The molecule has 0 aliphatic rings. The highest BCUT2D eigenvalue weighted by atomic mass is 127. The van der Waals surface area contributed by atoms with E-state index in [0.29, 0.717) is 5.76 Å². The van der Waals surface area contributed by atoms with E-state index < -0.39 is 0 Å². The average Bonchev–Trinajstić information content (AvgIpc) is 2.14. The molecule has 2 nitrogen and oxygen atoms in total. The number of nitriles is 1. The smallest absolute Gasteiger partial charge is 0.204 e. The molecule has 0 bridgehead atoms. The molecular formula is C5H2INO. The van der Waals surface area contributed by atoms with Gasteiger partial charge in [-0.15, -0.1) is 0 Å². The molecule has 0 radical (unpaired) electrons. The van der Waals surface area contributed by atoms with Gasteiger partial charge in [0.1, 0.15) is 6.07 Å². The van der Waals surface area contributed by atoms with E-state index in [1.54, 1.807) is 12.1 Å². The molecule has 0 fully saturated rings. The number of hydrogen-bond donors (Lipinski definition) is 0. The molecule has 1 aromatic heterocycles. The molecule has 3 heteroatoms. The minimum absolute atomic E-state index is 0.370. The lowest BCUT2D eigenvalue weighted by Crippen LogP contribution is -1.57. The number of hydrogen-bond acceptors (Lipinski definition) is 2. The lowest BCUT2D eigenvalue weighted by molar-refractivity contribution is 0.524. The summed E-state index contributed by atoms with van der Waals surface area (Å²) in [7, 11) is 0. The van der Waals surface area contributed by atoms with Crippen molar-refractivity contribution in [1.29, 1.82) is 5.26 Å². The Balaban J connectivity index is 3.05. The van der Waals surface area contributed by atoms with Crippen LogP contribution in [0.4, 0.5) is 0 Å². The number of furan rings is 1. The van der Waals surface area contributed by atoms with Crippen LogP contribution in [0.1, 0.15) is 5.76 Å². The molecule has 0 amide bonds. The fraction of sp³-hybridized carbons (Fsp3) is 0. The predicted molar refractivity (Wildman–Crippen MR) is 36.1 cm³/mol. The van der Waals surface area contributed by atoms with E-state index >= 15 is 0 Å². The third-order valence-corrected chi connectivity index (χ3v) is 1.26. The molecule has 0 N–H and O–H groups in total. The van der Waals surface area contributed by atoms with Crippen LogP contribution in [0.3, 0.4) is 0 Å². The number of halogens is 1. The Hall–Kier alpha value is -0.500. The topological polar surface area (TPSA) is 36.9 Å². The highest BCUT2D eigenvalue weighted by Crippen LogP contribution is 2.07. The summed E-state index contributed by atoms with van der Waals surface area (Å²) >= 11 is 2.01. The van der Waals surface area contributed by atoms with Gasteiger partial charge in [0.25, 0.3) is 0 Å². The molecule has 8 heavy (non-hydrogen) atoms. The first-order chi connectivity index (χ1) is 3.83. The standard InChI is InChI=1S/C5H2INO/c6-5-2-1-4(3-7)8-5/h1-2H. The van der Waals surface area contributed by atoms with Crippen LogP contribution >= 0.6 is 22.6 Å². The Labute approximate surface area is 60.2 Å². The second kappa shape index (κ2) is 2.18. The highest BCUT2D eigenvalue weighted by molar-refractivity contribution is 14.1. The van der Waals surface area contributed by atoms with Crippen molar-refractivity contribution < 1.29 is 4.42 Å². The second-order valence-corrected chi connectivity index (χ2v) is 2.28. The van der Waals surface area contributed by atoms with E-state index in [1.807, 2.05) is 28.7 Å². The van der Waals surface area contributed by atoms with Crippen LogP contribution in [0.15, 0.2) is 16.5 Å². The fourth-order valence-electron chi connectivity index (χ4n) is 0.374. The molecule has 0 atom stereocenters. The Bertz CT molecular complexity index is 223. The molecular weight excluding hydrogens is 217 g/mol. The van der Waals surface area contributed by atoms with E-state index in [0.717, 1.165) is 3.77 Å². The minimum Gasteiger partial charge on any atom is -0.440 e. The predicted octanol–water partition coefficient (Wildman–Crippen LogP) is 1.76. The molecule has 0 aliphatic heterocycles. The Morgan fingerprint density at radius 3 is 2.62 bits per heavy atom. The van der Waals surface area contributed by atoms with Crippen LogP contribution in [-0.4, -0.2) is 0 Å². The van der Waals surface area contributed by atoms with Crippen molar-refractivity contribution in [2.75, 3.05) is 0 Å². The normalized spacial score (nSPS) is 8.50. The van der Waals surface area contributed by atoms with Gasteiger partial charge in [0.2, 0.25) is 5.76 Å². The van der Waals surface area contributed by atoms with Gasteiger partial charge in [-0.2, -0.15) is 5.26 Å². The number of rotatable bonds is 0. The lowest BCUT2D eigenvalue weighted by Gasteiger charge is -1.72. The Morgan fingerprint density at radius 2 is 2.38 bits per heavy atom. The third kappa shape index (κ3) is 1.01. The van der Waals surface area contributed by atoms with E-state index in [-0.39, 0.29) is 0 Å². The molecule has 0 unspecified atom stereocenters. The van der Waals surface area contributed by atoms with Gasteiger partial charge in [-0.05, 0) is 34.7 Å². The summed E-state index contributed by atoms with van der Waals surface area (Å²) in [5.41, 5.74) is 0. The van der Waals surface area contributed by atoms with Crippen molar-refractivity contribution in [2.45, 2.75) is 0 Å². The maximum atomic E-state index is 8.20. The van der Waals surface area contributed by atoms with Crippen molar-refractivity contribution in [1.82, 2.24) is 0 Å². The van der Waals surface area contributed by atoms with E-state index in [1.165, 1.54) is 0 Å². The maximum absolute atomic E-state index is 8.20. The minimum atomic E-state index is 0.370. The SMILES string of the molecule is N#Cc1ccc(I)o1. The van der Waals surface area contributed by atoms with Crippen LogP contribution in [0, 0.1) is 15.1 Å². The van der Waals surface area contributed by atoms with E-state index in [2.05, 4.69) is 0 Å². The average molecular weight is 219 g/mol. The molecule has 0 saturated carbocycles. The monoisotopic (exact) mass is 219 g/mol. The zero-order valence-electron chi connectivity index (χ0n) is 3.89. The quantitative estimate of drug-likeness (QED) is 0.623. The van der Waals surface area contributed by atoms with Crippen LogP contribution in [-0.2, 0) is 0 Å². The first-order valence-electron chi connectivity index (χ1n) is 1.98. The number of nitrogens with zero attached hydrogens (tertiary/aromatic N) is 1. The van der Waals surface area contributed by atoms with Crippen LogP contribution < -0.4 is 0 Å². The van der Waals surface area contributed by atoms with Gasteiger partial charge >= 0.3 is 0 Å². The summed E-state index contributed by atoms with van der Waals surface area (Å²) in [5, 5.41) is 8.20. The van der Waals surface area contributed by atoms with Gasteiger partial charge in [0.15, 0.2) is 3.77 Å². The zero-order valence-corrected chi connectivity index (χ0v) is 6.05. The maximum Gasteiger partial charge on any atom is 0.204 e. The Morgan fingerprint density at radius 1 is 1.62 bits per heavy atom. The fourth-order valence-corrected chi connectivity index (χ4v) is 0.791. The van der Waals surface area contributed by atoms with Gasteiger partial charge in [-0.3, -0.25) is 0 Å². The highest BCUT2D eigenvalue weighted by Gasteiger charge is 1.93. The molecule has 1 rings (SSSR count). The molecule has 0 spiro atoms. The van der Waals surface area contributed by atoms with Gasteiger partial charge in [-0.1, -0.05) is 0 Å². The van der Waals surface area contributed by atoms with Gasteiger partial charge in [0.05, 0.1) is 0 Å². The summed E-state index contributed by atoms with van der Waals surface area (Å²) < 4.78 is 5.61. The molecule has 0 aromatic carbocycles. The summed E-state index contributed by atoms with van der Waals surface area (Å²) in [6.07, 6.45) is 0. The van der Waals surface area contributed by atoms with E-state index in [9.17, 15) is 0 Å². The first kappa shape index (κ1) is 5.63. The zero-order chi connectivity index (χ0) is 5.98. The van der Waals surface area contributed by atoms with Gasteiger partial charge in [-0.25, -0.2) is 0 Å². The molecule has 0 aliphatic carbocycles. The van der Waals surface area contributed by atoms with Crippen LogP contribution in [0.2, 0.25) is 0 Å². The van der Waals surface area contributed by atoms with Gasteiger partial charge < -0.3 is 4.42 Å².